The molecule has 1 aliphatic carbocycles. The Balaban J connectivity index is 2.00. The first-order valence-corrected chi connectivity index (χ1v) is 7.46. The molecular weight excluding hydrogens is 252 g/mol. The Morgan fingerprint density at radius 2 is 2.10 bits per heavy atom. The molecule has 0 saturated heterocycles. The van der Waals surface area contributed by atoms with Crippen LogP contribution in [0.25, 0.3) is 0 Å². The lowest BCUT2D eigenvalue weighted by Gasteiger charge is -2.35. The number of rotatable bonds is 6. The third-order valence-electron chi connectivity index (χ3n) is 4.17. The number of phenolic OH excluding ortho intramolecular Hbond substituents is 1. The molecule has 1 aliphatic rings. The second-order valence-electron chi connectivity index (χ2n) is 5.89. The van der Waals surface area contributed by atoms with E-state index < -0.39 is 0 Å². The van der Waals surface area contributed by atoms with Gasteiger partial charge in [0.25, 0.3) is 0 Å². The molecule has 0 amide bonds. The highest BCUT2D eigenvalue weighted by atomic mass is 16.3. The molecule has 4 nitrogen and oxygen atoms in total. The number of phenols is 1. The molecule has 1 aromatic carbocycles. The Morgan fingerprint density at radius 1 is 1.40 bits per heavy atom. The molecule has 1 fully saturated rings. The van der Waals surface area contributed by atoms with Crippen molar-refractivity contribution < 1.29 is 10.2 Å². The van der Waals surface area contributed by atoms with Crippen molar-refractivity contribution in [3.63, 3.8) is 0 Å². The molecular formula is C16H26N2O2. The summed E-state index contributed by atoms with van der Waals surface area (Å²) in [6.07, 6.45) is 1.68. The average molecular weight is 278 g/mol. The van der Waals surface area contributed by atoms with Gasteiger partial charge >= 0.3 is 0 Å². The maximum atomic E-state index is 10.2. The van der Waals surface area contributed by atoms with E-state index >= 15 is 0 Å². The van der Waals surface area contributed by atoms with E-state index in [2.05, 4.69) is 30.1 Å². The molecule has 0 spiro atoms. The van der Waals surface area contributed by atoms with Gasteiger partial charge in [0.1, 0.15) is 5.75 Å². The van der Waals surface area contributed by atoms with Crippen LogP contribution in [0.4, 0.5) is 5.69 Å². The van der Waals surface area contributed by atoms with Crippen molar-refractivity contribution in [2.24, 2.45) is 5.92 Å². The summed E-state index contributed by atoms with van der Waals surface area (Å²) in [5.74, 6) is 0.911. The monoisotopic (exact) mass is 278 g/mol. The van der Waals surface area contributed by atoms with E-state index in [0.717, 1.165) is 37.2 Å². The number of nitrogens with zero attached hydrogens (tertiary/aromatic N) is 1. The SMILES string of the molecule is CCNC(C)c1ccc(N(C)CC2CC(O)C2)cc1O. The van der Waals surface area contributed by atoms with E-state index in [1.807, 2.05) is 19.2 Å². The van der Waals surface area contributed by atoms with E-state index in [4.69, 9.17) is 0 Å². The number of benzene rings is 1. The van der Waals surface area contributed by atoms with Crippen LogP contribution in [-0.2, 0) is 0 Å². The number of anilines is 1. The molecule has 0 radical (unpaired) electrons. The standard InChI is InChI=1S/C16H26N2O2/c1-4-17-11(2)15-6-5-13(9-16(15)20)18(3)10-12-7-14(19)8-12/h5-6,9,11-12,14,17,19-20H,4,7-8,10H2,1-3H3. The molecule has 1 unspecified atom stereocenters. The third-order valence-corrected chi connectivity index (χ3v) is 4.17. The lowest BCUT2D eigenvalue weighted by molar-refractivity contribution is 0.0465. The lowest BCUT2D eigenvalue weighted by atomic mass is 9.82. The average Bonchev–Trinajstić information content (AvgIpc) is 2.36. The van der Waals surface area contributed by atoms with Crippen LogP contribution in [0.1, 0.15) is 38.3 Å². The smallest absolute Gasteiger partial charge is 0.122 e. The van der Waals surface area contributed by atoms with Crippen LogP contribution in [0.5, 0.6) is 5.75 Å². The maximum Gasteiger partial charge on any atom is 0.122 e. The van der Waals surface area contributed by atoms with Gasteiger partial charge in [0.05, 0.1) is 6.10 Å². The van der Waals surface area contributed by atoms with Crippen molar-refractivity contribution in [1.82, 2.24) is 5.32 Å². The van der Waals surface area contributed by atoms with Gasteiger partial charge < -0.3 is 20.4 Å². The molecule has 0 bridgehead atoms. The minimum atomic E-state index is -0.106. The predicted molar refractivity (Wildman–Crippen MR) is 82.2 cm³/mol. The van der Waals surface area contributed by atoms with Gasteiger partial charge in [-0.05, 0) is 38.3 Å². The van der Waals surface area contributed by atoms with Crippen LogP contribution < -0.4 is 10.2 Å². The van der Waals surface area contributed by atoms with Gasteiger partial charge in [0, 0.05) is 37.0 Å². The lowest BCUT2D eigenvalue weighted by Crippen LogP contribution is -2.37. The summed E-state index contributed by atoms with van der Waals surface area (Å²) in [5.41, 5.74) is 1.96. The summed E-state index contributed by atoms with van der Waals surface area (Å²) in [4.78, 5) is 2.15. The highest BCUT2D eigenvalue weighted by Crippen LogP contribution is 2.32. The number of aliphatic hydroxyl groups excluding tert-OH is 1. The Labute approximate surface area is 121 Å². The Morgan fingerprint density at radius 3 is 2.65 bits per heavy atom. The highest BCUT2D eigenvalue weighted by Gasteiger charge is 2.28. The Bertz CT molecular complexity index is 444. The van der Waals surface area contributed by atoms with Crippen molar-refractivity contribution in [1.29, 1.82) is 0 Å². The van der Waals surface area contributed by atoms with Gasteiger partial charge in [-0.2, -0.15) is 0 Å². The molecule has 1 atom stereocenters. The zero-order chi connectivity index (χ0) is 14.7. The predicted octanol–water partition coefficient (Wildman–Crippen LogP) is 2.27. The maximum absolute atomic E-state index is 10.2. The van der Waals surface area contributed by atoms with Crippen LogP contribution in [0.3, 0.4) is 0 Å². The van der Waals surface area contributed by atoms with E-state index in [0.29, 0.717) is 11.7 Å². The van der Waals surface area contributed by atoms with Gasteiger partial charge in [-0.15, -0.1) is 0 Å². The summed E-state index contributed by atoms with van der Waals surface area (Å²) >= 11 is 0. The summed E-state index contributed by atoms with van der Waals surface area (Å²) in [6, 6.07) is 6.03. The molecule has 0 aromatic heterocycles. The first-order chi connectivity index (χ1) is 9.51. The molecule has 2 rings (SSSR count). The summed E-state index contributed by atoms with van der Waals surface area (Å²) in [7, 11) is 2.03. The van der Waals surface area contributed by atoms with Gasteiger partial charge in [-0.1, -0.05) is 13.0 Å². The molecule has 1 saturated carbocycles. The number of aromatic hydroxyl groups is 1. The summed E-state index contributed by atoms with van der Waals surface area (Å²) in [5, 5.41) is 22.8. The van der Waals surface area contributed by atoms with Gasteiger partial charge in [0.2, 0.25) is 0 Å². The third kappa shape index (κ3) is 3.44. The topological polar surface area (TPSA) is 55.7 Å². The minimum absolute atomic E-state index is 0.106. The first-order valence-electron chi connectivity index (χ1n) is 7.46. The molecule has 1 aromatic rings. The quantitative estimate of drug-likeness (QED) is 0.747. The van der Waals surface area contributed by atoms with E-state index in [1.54, 1.807) is 0 Å². The fourth-order valence-electron chi connectivity index (χ4n) is 2.89. The van der Waals surface area contributed by atoms with Crippen molar-refractivity contribution in [2.45, 2.75) is 38.8 Å². The van der Waals surface area contributed by atoms with Crippen molar-refractivity contribution in [3.05, 3.63) is 23.8 Å². The van der Waals surface area contributed by atoms with Crippen molar-refractivity contribution in [2.75, 3.05) is 25.0 Å². The van der Waals surface area contributed by atoms with E-state index in [1.165, 1.54) is 0 Å². The van der Waals surface area contributed by atoms with E-state index in [9.17, 15) is 10.2 Å². The fourth-order valence-corrected chi connectivity index (χ4v) is 2.89. The number of nitrogens with one attached hydrogen (secondary N) is 1. The van der Waals surface area contributed by atoms with Gasteiger partial charge in [-0.3, -0.25) is 0 Å². The number of aliphatic hydroxyl groups is 1. The summed E-state index contributed by atoms with van der Waals surface area (Å²) < 4.78 is 0. The molecule has 3 N–H and O–H groups in total. The second kappa shape index (κ2) is 6.46. The van der Waals surface area contributed by atoms with Crippen molar-refractivity contribution in [3.8, 4) is 5.75 Å². The fraction of sp³-hybridized carbons (Fsp3) is 0.625. The normalized spacial score (nSPS) is 23.2. The zero-order valence-electron chi connectivity index (χ0n) is 12.6. The number of hydrogen-bond donors (Lipinski definition) is 3. The van der Waals surface area contributed by atoms with Crippen LogP contribution in [-0.4, -0.2) is 36.5 Å². The van der Waals surface area contributed by atoms with Crippen LogP contribution >= 0.6 is 0 Å². The Kier molecular flexibility index (Phi) is 4.89. The van der Waals surface area contributed by atoms with Crippen LogP contribution in [0.15, 0.2) is 18.2 Å². The van der Waals surface area contributed by atoms with E-state index in [-0.39, 0.29) is 12.1 Å². The first kappa shape index (κ1) is 15.1. The molecule has 0 aliphatic heterocycles. The van der Waals surface area contributed by atoms with Gasteiger partial charge in [0.15, 0.2) is 0 Å². The Hall–Kier alpha value is -1.26. The molecule has 4 heteroatoms. The zero-order valence-corrected chi connectivity index (χ0v) is 12.6. The molecule has 112 valence electrons. The van der Waals surface area contributed by atoms with Crippen molar-refractivity contribution >= 4 is 5.69 Å². The minimum Gasteiger partial charge on any atom is -0.508 e. The number of hydrogen-bond acceptors (Lipinski definition) is 4. The summed E-state index contributed by atoms with van der Waals surface area (Å²) in [6.45, 7) is 5.92. The van der Waals surface area contributed by atoms with Gasteiger partial charge in [-0.25, -0.2) is 0 Å². The molecule has 20 heavy (non-hydrogen) atoms. The van der Waals surface area contributed by atoms with Crippen LogP contribution in [0, 0.1) is 5.92 Å². The highest BCUT2D eigenvalue weighted by molar-refractivity contribution is 5.53. The molecule has 0 heterocycles. The second-order valence-corrected chi connectivity index (χ2v) is 5.89. The largest absolute Gasteiger partial charge is 0.508 e. The van der Waals surface area contributed by atoms with Crippen LogP contribution in [0.2, 0.25) is 0 Å².